The SMILES string of the molecule is Cn1cccc1C(=O)Cc1c(F)cccc1F. The molecule has 0 atom stereocenters. The summed E-state index contributed by atoms with van der Waals surface area (Å²) in [6.07, 6.45) is 1.45. The van der Waals surface area contributed by atoms with Gasteiger partial charge in [0.1, 0.15) is 11.6 Å². The van der Waals surface area contributed by atoms with Crippen LogP contribution in [0.5, 0.6) is 0 Å². The van der Waals surface area contributed by atoms with Gasteiger partial charge in [0.25, 0.3) is 0 Å². The Balaban J connectivity index is 2.28. The predicted octanol–water partition coefficient (Wildman–Crippen LogP) is 2.73. The second-order valence-electron chi connectivity index (χ2n) is 3.80. The lowest BCUT2D eigenvalue weighted by atomic mass is 10.1. The van der Waals surface area contributed by atoms with E-state index in [1.165, 1.54) is 6.07 Å². The largest absolute Gasteiger partial charge is 0.348 e. The lowest BCUT2D eigenvalue weighted by Gasteiger charge is -2.05. The minimum atomic E-state index is -0.687. The van der Waals surface area contributed by atoms with Gasteiger partial charge >= 0.3 is 0 Å². The summed E-state index contributed by atoms with van der Waals surface area (Å²) >= 11 is 0. The highest BCUT2D eigenvalue weighted by Gasteiger charge is 2.15. The molecule has 0 fully saturated rings. The van der Waals surface area contributed by atoms with E-state index in [9.17, 15) is 13.6 Å². The Bertz CT molecular complexity index is 540. The average Bonchev–Trinajstić information content (AvgIpc) is 2.70. The fraction of sp³-hybridized carbons (Fsp3) is 0.154. The summed E-state index contributed by atoms with van der Waals surface area (Å²) in [5.41, 5.74) is 0.256. The van der Waals surface area contributed by atoms with Crippen LogP contribution in [0, 0.1) is 11.6 Å². The maximum atomic E-state index is 13.4. The maximum Gasteiger partial charge on any atom is 0.183 e. The summed E-state index contributed by atoms with van der Waals surface area (Å²) in [5.74, 6) is -1.68. The van der Waals surface area contributed by atoms with Crippen molar-refractivity contribution in [2.75, 3.05) is 0 Å². The van der Waals surface area contributed by atoms with Crippen molar-refractivity contribution in [3.05, 3.63) is 59.4 Å². The first kappa shape index (κ1) is 11.5. The first-order valence-corrected chi connectivity index (χ1v) is 5.17. The molecule has 0 aliphatic rings. The van der Waals surface area contributed by atoms with E-state index in [1.807, 2.05) is 0 Å². The van der Waals surface area contributed by atoms with Crippen LogP contribution >= 0.6 is 0 Å². The molecular weight excluding hydrogens is 224 g/mol. The first-order chi connectivity index (χ1) is 8.09. The maximum absolute atomic E-state index is 13.4. The number of Topliss-reactive ketones (excluding diaryl/α,β-unsaturated/α-hetero) is 1. The molecule has 0 aliphatic carbocycles. The van der Waals surface area contributed by atoms with Crippen molar-refractivity contribution in [1.82, 2.24) is 4.57 Å². The lowest BCUT2D eigenvalue weighted by Crippen LogP contribution is -2.10. The summed E-state index contributed by atoms with van der Waals surface area (Å²) < 4.78 is 28.3. The monoisotopic (exact) mass is 235 g/mol. The van der Waals surface area contributed by atoms with Gasteiger partial charge in [-0.05, 0) is 24.3 Å². The van der Waals surface area contributed by atoms with Crippen molar-refractivity contribution < 1.29 is 13.6 Å². The number of hydrogen-bond donors (Lipinski definition) is 0. The van der Waals surface area contributed by atoms with Crippen LogP contribution in [-0.4, -0.2) is 10.4 Å². The van der Waals surface area contributed by atoms with E-state index >= 15 is 0 Å². The zero-order valence-corrected chi connectivity index (χ0v) is 9.28. The normalized spacial score (nSPS) is 10.5. The number of halogens is 2. The minimum absolute atomic E-state index is 0.182. The Morgan fingerprint density at radius 2 is 1.82 bits per heavy atom. The highest BCUT2D eigenvalue weighted by Crippen LogP contribution is 2.15. The van der Waals surface area contributed by atoms with Crippen LogP contribution < -0.4 is 0 Å². The molecule has 0 radical (unpaired) electrons. The van der Waals surface area contributed by atoms with Crippen molar-refractivity contribution >= 4 is 5.78 Å². The highest BCUT2D eigenvalue weighted by atomic mass is 19.1. The molecule has 0 unspecified atom stereocenters. The van der Waals surface area contributed by atoms with Crippen molar-refractivity contribution in [2.45, 2.75) is 6.42 Å². The standard InChI is InChI=1S/C13H11F2NO/c1-16-7-3-6-12(16)13(17)8-9-10(14)4-2-5-11(9)15/h2-7H,8H2,1H3. The van der Waals surface area contributed by atoms with Crippen molar-refractivity contribution in [1.29, 1.82) is 0 Å². The Labute approximate surface area is 97.5 Å². The van der Waals surface area contributed by atoms with Gasteiger partial charge in [0.2, 0.25) is 0 Å². The number of carbonyl (C=O) groups is 1. The molecule has 1 aromatic carbocycles. The van der Waals surface area contributed by atoms with Crippen LogP contribution in [0.4, 0.5) is 8.78 Å². The van der Waals surface area contributed by atoms with Gasteiger partial charge in [-0.3, -0.25) is 4.79 Å². The number of aromatic nitrogens is 1. The van der Waals surface area contributed by atoms with Gasteiger partial charge in [-0.15, -0.1) is 0 Å². The van der Waals surface area contributed by atoms with E-state index in [4.69, 9.17) is 0 Å². The van der Waals surface area contributed by atoms with Gasteiger partial charge < -0.3 is 4.57 Å². The van der Waals surface area contributed by atoms with E-state index in [1.54, 1.807) is 29.9 Å². The number of rotatable bonds is 3. The molecule has 0 saturated carbocycles. The molecule has 0 amide bonds. The van der Waals surface area contributed by atoms with Gasteiger partial charge in [-0.1, -0.05) is 6.07 Å². The molecule has 88 valence electrons. The van der Waals surface area contributed by atoms with Crippen LogP contribution in [0.25, 0.3) is 0 Å². The summed E-state index contributed by atoms with van der Waals surface area (Å²) in [6.45, 7) is 0. The van der Waals surface area contributed by atoms with Gasteiger partial charge in [-0.25, -0.2) is 8.78 Å². The Hall–Kier alpha value is -1.97. The molecule has 0 bridgehead atoms. The molecule has 0 N–H and O–H groups in total. The van der Waals surface area contributed by atoms with E-state index in [2.05, 4.69) is 0 Å². The van der Waals surface area contributed by atoms with Gasteiger partial charge in [0, 0.05) is 25.2 Å². The summed E-state index contributed by atoms with van der Waals surface area (Å²) in [4.78, 5) is 11.8. The first-order valence-electron chi connectivity index (χ1n) is 5.17. The van der Waals surface area contributed by atoms with Crippen LogP contribution in [0.3, 0.4) is 0 Å². The highest BCUT2D eigenvalue weighted by molar-refractivity contribution is 5.96. The molecular formula is C13H11F2NO. The number of aryl methyl sites for hydroxylation is 1. The third kappa shape index (κ3) is 2.25. The number of hydrogen-bond acceptors (Lipinski definition) is 1. The summed E-state index contributed by atoms with van der Waals surface area (Å²) in [6, 6.07) is 6.92. The Morgan fingerprint density at radius 3 is 2.35 bits per heavy atom. The van der Waals surface area contributed by atoms with Gasteiger partial charge in [-0.2, -0.15) is 0 Å². The fourth-order valence-corrected chi connectivity index (χ4v) is 1.70. The average molecular weight is 235 g/mol. The van der Waals surface area contributed by atoms with Gasteiger partial charge in [0.15, 0.2) is 5.78 Å². The predicted molar refractivity (Wildman–Crippen MR) is 59.8 cm³/mol. The molecule has 2 nitrogen and oxygen atoms in total. The second kappa shape index (κ2) is 4.49. The van der Waals surface area contributed by atoms with Crippen LogP contribution in [0.1, 0.15) is 16.1 Å². The molecule has 2 aromatic rings. The number of nitrogens with zero attached hydrogens (tertiary/aromatic N) is 1. The van der Waals surface area contributed by atoms with Crippen LogP contribution in [0.2, 0.25) is 0 Å². The molecule has 0 aliphatic heterocycles. The Kier molecular flexibility index (Phi) is 3.04. The molecule has 0 spiro atoms. The second-order valence-corrected chi connectivity index (χ2v) is 3.80. The summed E-state index contributed by atoms with van der Waals surface area (Å²) in [7, 11) is 1.71. The van der Waals surface area contributed by atoms with Crippen LogP contribution in [0.15, 0.2) is 36.5 Å². The summed E-state index contributed by atoms with van der Waals surface area (Å²) in [5, 5.41) is 0. The van der Waals surface area contributed by atoms with E-state index < -0.39 is 11.6 Å². The molecule has 1 heterocycles. The lowest BCUT2D eigenvalue weighted by molar-refractivity contribution is 0.0983. The third-order valence-electron chi connectivity index (χ3n) is 2.63. The van der Waals surface area contributed by atoms with E-state index in [0.717, 1.165) is 12.1 Å². The topological polar surface area (TPSA) is 22.0 Å². The molecule has 1 aromatic heterocycles. The molecule has 4 heteroatoms. The van der Waals surface area contributed by atoms with Crippen molar-refractivity contribution in [2.24, 2.45) is 7.05 Å². The molecule has 2 rings (SSSR count). The fourth-order valence-electron chi connectivity index (χ4n) is 1.70. The van der Waals surface area contributed by atoms with Crippen LogP contribution in [-0.2, 0) is 13.5 Å². The minimum Gasteiger partial charge on any atom is -0.348 e. The van der Waals surface area contributed by atoms with Crippen molar-refractivity contribution in [3.63, 3.8) is 0 Å². The smallest absolute Gasteiger partial charge is 0.183 e. The third-order valence-corrected chi connectivity index (χ3v) is 2.63. The zero-order chi connectivity index (χ0) is 12.4. The number of benzene rings is 1. The van der Waals surface area contributed by atoms with E-state index in [0.29, 0.717) is 5.69 Å². The number of ketones is 1. The quantitative estimate of drug-likeness (QED) is 0.750. The number of carbonyl (C=O) groups excluding carboxylic acids is 1. The molecule has 0 saturated heterocycles. The van der Waals surface area contributed by atoms with Crippen molar-refractivity contribution in [3.8, 4) is 0 Å². The molecule has 17 heavy (non-hydrogen) atoms. The Morgan fingerprint density at radius 1 is 1.18 bits per heavy atom. The zero-order valence-electron chi connectivity index (χ0n) is 9.28. The van der Waals surface area contributed by atoms with Gasteiger partial charge in [0.05, 0.1) is 5.69 Å². The van der Waals surface area contributed by atoms with E-state index in [-0.39, 0.29) is 17.8 Å².